The van der Waals surface area contributed by atoms with Crippen molar-refractivity contribution < 1.29 is 9.53 Å². The molecule has 2 nitrogen and oxygen atoms in total. The number of rotatable bonds is 3. The summed E-state index contributed by atoms with van der Waals surface area (Å²) in [5.41, 5.74) is 0.693. The summed E-state index contributed by atoms with van der Waals surface area (Å²) >= 11 is 4.45. The Hall–Kier alpha value is 0.150. The summed E-state index contributed by atoms with van der Waals surface area (Å²) in [6.45, 7) is 0.584. The van der Waals surface area contributed by atoms with Crippen LogP contribution in [-0.4, -0.2) is 12.6 Å². The largest absolute Gasteiger partial charge is 0.462 e. The molecular formula is C14H16I2O2. The molecule has 0 radical (unpaired) electrons. The zero-order valence-electron chi connectivity index (χ0n) is 10.1. The molecule has 0 bridgehead atoms. The van der Waals surface area contributed by atoms with Crippen molar-refractivity contribution in [2.45, 2.75) is 32.1 Å². The van der Waals surface area contributed by atoms with E-state index in [1.54, 1.807) is 0 Å². The molecule has 1 fully saturated rings. The normalized spacial score (nSPS) is 16.6. The zero-order valence-corrected chi connectivity index (χ0v) is 14.4. The first kappa shape index (κ1) is 14.6. The molecule has 2 rings (SSSR count). The third-order valence-electron chi connectivity index (χ3n) is 3.35. The van der Waals surface area contributed by atoms with Gasteiger partial charge in [-0.25, -0.2) is 4.79 Å². The molecule has 0 atom stereocenters. The third kappa shape index (κ3) is 3.82. The molecule has 1 aromatic rings. The average Bonchev–Trinajstić information content (AvgIpc) is 2.40. The Bertz CT molecular complexity index is 426. The molecule has 1 saturated carbocycles. The summed E-state index contributed by atoms with van der Waals surface area (Å²) in [5, 5.41) is 0. The summed E-state index contributed by atoms with van der Waals surface area (Å²) in [4.78, 5) is 12.0. The lowest BCUT2D eigenvalue weighted by Gasteiger charge is -2.21. The molecule has 0 aromatic heterocycles. The minimum absolute atomic E-state index is 0.177. The number of hydrogen-bond acceptors (Lipinski definition) is 2. The Morgan fingerprint density at radius 3 is 2.67 bits per heavy atom. The smallest absolute Gasteiger partial charge is 0.339 e. The number of esters is 1. The highest BCUT2D eigenvalue weighted by molar-refractivity contribution is 14.1. The minimum Gasteiger partial charge on any atom is -0.462 e. The monoisotopic (exact) mass is 470 g/mol. The van der Waals surface area contributed by atoms with E-state index in [0.717, 1.165) is 7.14 Å². The van der Waals surface area contributed by atoms with Crippen molar-refractivity contribution in [2.75, 3.05) is 6.61 Å². The predicted octanol–water partition coefficient (Wildman–Crippen LogP) is 4.63. The van der Waals surface area contributed by atoms with E-state index in [-0.39, 0.29) is 5.97 Å². The molecule has 0 N–H and O–H groups in total. The highest BCUT2D eigenvalue weighted by atomic mass is 127. The molecule has 4 heteroatoms. The molecule has 1 aromatic carbocycles. The molecule has 1 aliphatic carbocycles. The fraction of sp³-hybridized carbons (Fsp3) is 0.500. The van der Waals surface area contributed by atoms with Crippen LogP contribution in [0.4, 0.5) is 0 Å². The highest BCUT2D eigenvalue weighted by Crippen LogP contribution is 2.25. The Labute approximate surface area is 135 Å². The standard InChI is InChI=1S/C14H16I2O2/c15-12-8-4-7-11(13(12)16)14(17)18-9-10-5-2-1-3-6-10/h4,7-8,10H,1-3,5-6,9H2. The molecule has 0 aliphatic heterocycles. The van der Waals surface area contributed by atoms with Crippen LogP contribution in [0.15, 0.2) is 18.2 Å². The Balaban J connectivity index is 1.93. The number of ether oxygens (including phenoxy) is 1. The molecule has 0 unspecified atom stereocenters. The van der Waals surface area contributed by atoms with Gasteiger partial charge in [-0.05, 0) is 76.1 Å². The highest BCUT2D eigenvalue weighted by Gasteiger charge is 2.18. The number of benzene rings is 1. The van der Waals surface area contributed by atoms with Gasteiger partial charge in [0.15, 0.2) is 0 Å². The van der Waals surface area contributed by atoms with Gasteiger partial charge in [-0.3, -0.25) is 0 Å². The lowest BCUT2D eigenvalue weighted by molar-refractivity contribution is 0.0409. The first-order valence-electron chi connectivity index (χ1n) is 6.29. The summed E-state index contributed by atoms with van der Waals surface area (Å²) < 4.78 is 7.54. The van der Waals surface area contributed by atoms with Gasteiger partial charge in [0, 0.05) is 7.14 Å². The SMILES string of the molecule is O=C(OCC1CCCCC1)c1cccc(I)c1I. The van der Waals surface area contributed by atoms with Gasteiger partial charge in [0.2, 0.25) is 0 Å². The van der Waals surface area contributed by atoms with Crippen molar-refractivity contribution in [3.8, 4) is 0 Å². The van der Waals surface area contributed by atoms with Gasteiger partial charge in [0.25, 0.3) is 0 Å². The van der Waals surface area contributed by atoms with Crippen LogP contribution in [0.5, 0.6) is 0 Å². The van der Waals surface area contributed by atoms with Gasteiger partial charge in [0.1, 0.15) is 0 Å². The quantitative estimate of drug-likeness (QED) is 0.476. The van der Waals surface area contributed by atoms with Crippen molar-refractivity contribution >= 4 is 51.2 Å². The number of hydrogen-bond donors (Lipinski definition) is 0. The molecule has 0 heterocycles. The van der Waals surface area contributed by atoms with Crippen LogP contribution in [0, 0.1) is 13.1 Å². The summed E-state index contributed by atoms with van der Waals surface area (Å²) in [6, 6.07) is 5.74. The van der Waals surface area contributed by atoms with Crippen LogP contribution < -0.4 is 0 Å². The van der Waals surface area contributed by atoms with Crippen LogP contribution in [0.2, 0.25) is 0 Å². The molecule has 0 saturated heterocycles. The topological polar surface area (TPSA) is 26.3 Å². The molecule has 0 spiro atoms. The van der Waals surface area contributed by atoms with Gasteiger partial charge in [-0.15, -0.1) is 0 Å². The number of carbonyl (C=O) groups excluding carboxylic acids is 1. The maximum Gasteiger partial charge on any atom is 0.339 e. The lowest BCUT2D eigenvalue weighted by atomic mass is 9.90. The van der Waals surface area contributed by atoms with Crippen molar-refractivity contribution in [2.24, 2.45) is 5.92 Å². The maximum absolute atomic E-state index is 12.0. The first-order valence-corrected chi connectivity index (χ1v) is 8.45. The fourth-order valence-corrected chi connectivity index (χ4v) is 3.36. The molecule has 98 valence electrons. The number of carbonyl (C=O) groups is 1. The van der Waals surface area contributed by atoms with E-state index in [2.05, 4.69) is 45.2 Å². The molecular weight excluding hydrogens is 454 g/mol. The van der Waals surface area contributed by atoms with E-state index in [1.807, 2.05) is 18.2 Å². The maximum atomic E-state index is 12.0. The second-order valence-electron chi connectivity index (χ2n) is 4.70. The first-order chi connectivity index (χ1) is 8.68. The van der Waals surface area contributed by atoms with Crippen LogP contribution in [0.25, 0.3) is 0 Å². The summed E-state index contributed by atoms with van der Waals surface area (Å²) in [5.74, 6) is 0.395. The Morgan fingerprint density at radius 1 is 1.22 bits per heavy atom. The summed E-state index contributed by atoms with van der Waals surface area (Å²) in [6.07, 6.45) is 6.30. The van der Waals surface area contributed by atoms with Crippen molar-refractivity contribution in [3.63, 3.8) is 0 Å². The van der Waals surface area contributed by atoms with Crippen molar-refractivity contribution in [3.05, 3.63) is 30.9 Å². The Kier molecular flexibility index (Phi) is 5.72. The van der Waals surface area contributed by atoms with Crippen LogP contribution >= 0.6 is 45.2 Å². The van der Waals surface area contributed by atoms with Gasteiger partial charge in [0.05, 0.1) is 12.2 Å². The van der Waals surface area contributed by atoms with E-state index in [9.17, 15) is 4.79 Å². The van der Waals surface area contributed by atoms with Gasteiger partial charge in [-0.2, -0.15) is 0 Å². The molecule has 0 amide bonds. The fourth-order valence-electron chi connectivity index (χ4n) is 2.29. The van der Waals surface area contributed by atoms with Gasteiger partial charge in [-0.1, -0.05) is 25.3 Å². The second-order valence-corrected chi connectivity index (χ2v) is 6.94. The lowest BCUT2D eigenvalue weighted by Crippen LogP contribution is -2.17. The predicted molar refractivity (Wildman–Crippen MR) is 88.7 cm³/mol. The van der Waals surface area contributed by atoms with Crippen LogP contribution in [-0.2, 0) is 4.74 Å². The Morgan fingerprint density at radius 2 is 1.94 bits per heavy atom. The third-order valence-corrected chi connectivity index (χ3v) is 6.44. The van der Waals surface area contributed by atoms with E-state index in [0.29, 0.717) is 18.1 Å². The number of halogens is 2. The zero-order chi connectivity index (χ0) is 13.0. The van der Waals surface area contributed by atoms with Crippen LogP contribution in [0.1, 0.15) is 42.5 Å². The van der Waals surface area contributed by atoms with Crippen molar-refractivity contribution in [1.29, 1.82) is 0 Å². The molecule has 1 aliphatic rings. The van der Waals surface area contributed by atoms with E-state index in [1.165, 1.54) is 32.1 Å². The van der Waals surface area contributed by atoms with E-state index < -0.39 is 0 Å². The van der Waals surface area contributed by atoms with E-state index >= 15 is 0 Å². The second kappa shape index (κ2) is 7.07. The van der Waals surface area contributed by atoms with Gasteiger partial charge >= 0.3 is 5.97 Å². The van der Waals surface area contributed by atoms with E-state index in [4.69, 9.17) is 4.74 Å². The average molecular weight is 470 g/mol. The van der Waals surface area contributed by atoms with Gasteiger partial charge < -0.3 is 4.74 Å². The van der Waals surface area contributed by atoms with Crippen molar-refractivity contribution in [1.82, 2.24) is 0 Å². The van der Waals surface area contributed by atoms with Crippen LogP contribution in [0.3, 0.4) is 0 Å². The minimum atomic E-state index is -0.177. The molecule has 18 heavy (non-hydrogen) atoms. The summed E-state index contributed by atoms with van der Waals surface area (Å²) in [7, 11) is 0.